The van der Waals surface area contributed by atoms with E-state index in [2.05, 4.69) is 0 Å². The maximum absolute atomic E-state index is 8.29. The minimum absolute atomic E-state index is 0. The SMILES string of the molecule is C=O.[Na+].[Na+].[O-]O.[O-]S[O-]. The molecule has 0 radical (unpaired) electrons. The maximum atomic E-state index is 8.29. The fourth-order valence-corrected chi connectivity index (χ4v) is 0. The van der Waals surface area contributed by atoms with Crippen LogP contribution < -0.4 is 64.4 Å². The van der Waals surface area contributed by atoms with Gasteiger partial charge in [0.1, 0.15) is 6.79 Å². The smallest absolute Gasteiger partial charge is 0.811 e. The van der Waals surface area contributed by atoms with Crippen LogP contribution in [-0.2, 0) is 4.79 Å². The van der Waals surface area contributed by atoms with Gasteiger partial charge in [0.25, 0.3) is 0 Å². The molecule has 0 saturated carbocycles. The van der Waals surface area contributed by atoms with Crippen LogP contribution in [0.3, 0.4) is 0 Å². The van der Waals surface area contributed by atoms with Crippen LogP contribution in [0.2, 0.25) is 0 Å². The molecule has 0 aromatic carbocycles. The molecule has 0 heterocycles. The van der Waals surface area contributed by atoms with Gasteiger partial charge in [0.05, 0.1) is 0 Å². The molecule has 8 heteroatoms. The fraction of sp³-hybridized carbons (Fsp3) is 0. The second-order valence-corrected chi connectivity index (χ2v) is 0.204. The van der Waals surface area contributed by atoms with Crippen molar-refractivity contribution in [2.75, 3.05) is 0 Å². The van der Waals surface area contributed by atoms with E-state index in [9.17, 15) is 0 Å². The largest absolute Gasteiger partial charge is 1.00 e. The average Bonchev–Trinajstić information content (AvgIpc) is 1.78. The van der Waals surface area contributed by atoms with Crippen LogP contribution in [0.15, 0.2) is 0 Å². The van der Waals surface area contributed by atoms with E-state index < -0.39 is 12.3 Å². The third kappa shape index (κ3) is 176. The first-order valence-electron chi connectivity index (χ1n) is 0.805. The Morgan fingerprint density at radius 1 is 1.11 bits per heavy atom. The quantitative estimate of drug-likeness (QED) is 0.169. The molecular weight excluding hydrogens is 170 g/mol. The second kappa shape index (κ2) is 94.6. The topological polar surface area (TPSA) is 106 Å². The van der Waals surface area contributed by atoms with Crippen molar-refractivity contribution in [2.24, 2.45) is 0 Å². The predicted octanol–water partition coefficient (Wildman–Crippen LogP) is -7.38. The van der Waals surface area contributed by atoms with Gasteiger partial charge < -0.3 is 36.7 Å². The van der Waals surface area contributed by atoms with Gasteiger partial charge in [-0.05, 0) is 0 Å². The Morgan fingerprint density at radius 3 is 1.11 bits per heavy atom. The molecule has 0 fully saturated rings. The first-order valence-corrected chi connectivity index (χ1v) is 1.47. The Balaban J connectivity index is -0.00000000825. The van der Waals surface area contributed by atoms with E-state index in [1.165, 1.54) is 0 Å². The first kappa shape index (κ1) is 30.7. The van der Waals surface area contributed by atoms with E-state index in [1.807, 2.05) is 6.79 Å². The Kier molecular flexibility index (Phi) is 323. The van der Waals surface area contributed by atoms with Gasteiger partial charge in [-0.3, -0.25) is 0 Å². The number of hydrogen-bond donors (Lipinski definition) is 1. The van der Waals surface area contributed by atoms with Crippen molar-refractivity contribution in [1.82, 2.24) is 0 Å². The summed E-state index contributed by atoms with van der Waals surface area (Å²) in [5.41, 5.74) is 0. The molecule has 0 aromatic rings. The molecule has 0 saturated heterocycles. The van der Waals surface area contributed by atoms with Crippen LogP contribution in [0, 0.1) is 0 Å². The summed E-state index contributed by atoms with van der Waals surface area (Å²) in [4.78, 5) is 8.00. The van der Waals surface area contributed by atoms with Crippen molar-refractivity contribution in [3.8, 4) is 0 Å². The molecule has 1 N–H and O–H groups in total. The Bertz CT molecular complexity index is 18.9. The monoisotopic (exact) mass is 173 g/mol. The third-order valence-electron chi connectivity index (χ3n) is 0. The van der Waals surface area contributed by atoms with Crippen LogP contribution in [0.1, 0.15) is 0 Å². The van der Waals surface area contributed by atoms with E-state index in [0.717, 1.165) is 0 Å². The summed E-state index contributed by atoms with van der Waals surface area (Å²) in [7, 11) is 0. The van der Waals surface area contributed by atoms with E-state index >= 15 is 0 Å². The number of carbonyl (C=O) groups excluding carboxylic acids is 1. The third-order valence-corrected chi connectivity index (χ3v) is 0. The molecule has 0 spiro atoms. The fourth-order valence-electron chi connectivity index (χ4n) is 0. The molecule has 0 aliphatic carbocycles. The molecule has 0 aromatic heterocycles. The van der Waals surface area contributed by atoms with Gasteiger partial charge in [0.2, 0.25) is 0 Å². The van der Waals surface area contributed by atoms with Crippen molar-refractivity contribution in [2.45, 2.75) is 0 Å². The summed E-state index contributed by atoms with van der Waals surface area (Å²) in [5.74, 6) is 0. The van der Waals surface area contributed by atoms with Crippen LogP contribution >= 0.6 is 12.3 Å². The molecule has 0 aliphatic rings. The normalized spacial score (nSPS) is 3.11. The molecule has 46 valence electrons. The average molecular weight is 173 g/mol. The van der Waals surface area contributed by atoms with Gasteiger partial charge in [-0.25, -0.2) is 0 Å². The second-order valence-electron chi connectivity index (χ2n) is 0.0680. The molecule has 9 heavy (non-hydrogen) atoms. The van der Waals surface area contributed by atoms with Crippen LogP contribution in [0.5, 0.6) is 0 Å². The summed E-state index contributed by atoms with van der Waals surface area (Å²) >= 11 is -0.750. The molecular formula is CH3Na2O5S-. The first-order chi connectivity index (χ1) is 3.41. The molecule has 0 atom stereocenters. The van der Waals surface area contributed by atoms with Gasteiger partial charge in [-0.15, -0.1) is 0 Å². The minimum atomic E-state index is -0.750. The van der Waals surface area contributed by atoms with Gasteiger partial charge in [0.15, 0.2) is 0 Å². The van der Waals surface area contributed by atoms with E-state index in [-0.39, 0.29) is 59.1 Å². The Hall–Kier alpha value is 1.86. The molecule has 5 nitrogen and oxygen atoms in total. The van der Waals surface area contributed by atoms with Crippen LogP contribution in [-0.4, -0.2) is 21.2 Å². The zero-order valence-electron chi connectivity index (χ0n) is 5.20. The summed E-state index contributed by atoms with van der Waals surface area (Å²) < 4.78 is 16.6. The standard InChI is InChI=1S/CH2O.2Na.H2O2S.H2O2/c1-2;;;1-3-2;1-2/h1H2;;;1-2H;1-2H/q;2*+1;;/p-3. The Morgan fingerprint density at radius 2 is 1.11 bits per heavy atom. The van der Waals surface area contributed by atoms with Crippen molar-refractivity contribution < 1.29 is 83.5 Å². The van der Waals surface area contributed by atoms with Crippen LogP contribution in [0.25, 0.3) is 0 Å². The van der Waals surface area contributed by atoms with E-state index in [4.69, 9.17) is 24.4 Å². The molecule has 0 bridgehead atoms. The van der Waals surface area contributed by atoms with Gasteiger partial charge in [-0.2, -0.15) is 0 Å². The number of hydrogen-bond acceptors (Lipinski definition) is 6. The summed E-state index contributed by atoms with van der Waals surface area (Å²) in [6, 6.07) is 0. The van der Waals surface area contributed by atoms with Crippen LogP contribution in [0.4, 0.5) is 0 Å². The van der Waals surface area contributed by atoms with Gasteiger partial charge in [0, 0.05) is 0 Å². The zero-order chi connectivity index (χ0) is 6.71. The molecule has 0 aliphatic heterocycles. The zero-order valence-corrected chi connectivity index (χ0v) is 10.0. The Labute approximate surface area is 101 Å². The van der Waals surface area contributed by atoms with Crippen molar-refractivity contribution >= 4 is 19.1 Å². The molecule has 0 amide bonds. The van der Waals surface area contributed by atoms with Crippen molar-refractivity contribution in [3.63, 3.8) is 0 Å². The number of rotatable bonds is 0. The summed E-state index contributed by atoms with van der Waals surface area (Å²) in [6.45, 7) is 2.00. The van der Waals surface area contributed by atoms with Gasteiger partial charge in [-0.1, -0.05) is 0 Å². The van der Waals surface area contributed by atoms with E-state index in [0.29, 0.717) is 0 Å². The summed E-state index contributed by atoms with van der Waals surface area (Å²) in [6.07, 6.45) is 0. The van der Waals surface area contributed by atoms with Crippen molar-refractivity contribution in [1.29, 1.82) is 0 Å². The van der Waals surface area contributed by atoms with Crippen molar-refractivity contribution in [3.05, 3.63) is 0 Å². The molecule has 0 unspecified atom stereocenters. The molecule has 0 rings (SSSR count). The minimum Gasteiger partial charge on any atom is -0.811 e. The van der Waals surface area contributed by atoms with E-state index in [1.54, 1.807) is 0 Å². The van der Waals surface area contributed by atoms with Gasteiger partial charge >= 0.3 is 59.1 Å². The summed E-state index contributed by atoms with van der Waals surface area (Å²) in [5, 5.41) is 13.0. The maximum Gasteiger partial charge on any atom is 1.00 e. The predicted molar refractivity (Wildman–Crippen MR) is 18.9 cm³/mol. The number of carbonyl (C=O) groups is 1.